The maximum atomic E-state index is 12.4. The van der Waals surface area contributed by atoms with Gasteiger partial charge in [-0.2, -0.15) is 0 Å². The fourth-order valence-electron chi connectivity index (χ4n) is 3.00. The average Bonchev–Trinajstić information content (AvgIpc) is 3.13. The molecule has 1 heterocycles. The summed E-state index contributed by atoms with van der Waals surface area (Å²) in [4.78, 5) is 48.5. The van der Waals surface area contributed by atoms with Gasteiger partial charge in [0.15, 0.2) is 0 Å². The van der Waals surface area contributed by atoms with E-state index in [1.807, 2.05) is 0 Å². The topological polar surface area (TPSA) is 131 Å². The first-order valence-electron chi connectivity index (χ1n) is 8.68. The van der Waals surface area contributed by atoms with E-state index in [4.69, 9.17) is 4.74 Å². The molecule has 10 nitrogen and oxygen atoms in total. The molecule has 0 radical (unpaired) electrons. The molecule has 1 fully saturated rings. The van der Waals surface area contributed by atoms with Crippen LogP contribution in [0, 0.1) is 16.0 Å². The van der Waals surface area contributed by atoms with Crippen molar-refractivity contribution in [1.82, 2.24) is 10.9 Å². The Bertz CT molecular complexity index is 962. The van der Waals surface area contributed by atoms with Gasteiger partial charge in [-0.15, -0.1) is 0 Å². The van der Waals surface area contributed by atoms with Crippen LogP contribution in [0.5, 0.6) is 5.75 Å². The molecule has 29 heavy (non-hydrogen) atoms. The van der Waals surface area contributed by atoms with Crippen LogP contribution >= 0.6 is 0 Å². The number of hydrogen-bond donors (Lipinski definition) is 2. The standard InChI is InChI=1S/C19H18N4O6/c1-29-16-10-14(23(27)28)7-8-15(16)22-11-13(9-17(22)24)19(26)21-20-18(25)12-5-3-2-4-6-12/h2-8,10,13H,9,11H2,1H3,(H,20,25)(H,21,26)/t13-/m1/s1. The number of nitro groups is 1. The summed E-state index contributed by atoms with van der Waals surface area (Å²) in [6, 6.07) is 12.2. The first-order chi connectivity index (χ1) is 13.9. The molecule has 2 aromatic rings. The summed E-state index contributed by atoms with van der Waals surface area (Å²) in [5, 5.41) is 10.9. The van der Waals surface area contributed by atoms with Gasteiger partial charge in [0.05, 0.1) is 29.7 Å². The Morgan fingerprint density at radius 2 is 1.90 bits per heavy atom. The normalized spacial score (nSPS) is 15.7. The third-order valence-electron chi connectivity index (χ3n) is 4.50. The number of amides is 3. The lowest BCUT2D eigenvalue weighted by molar-refractivity contribution is -0.384. The Balaban J connectivity index is 1.66. The molecule has 1 saturated heterocycles. The highest BCUT2D eigenvalue weighted by molar-refractivity contribution is 6.02. The van der Waals surface area contributed by atoms with Gasteiger partial charge in [0.2, 0.25) is 11.8 Å². The Morgan fingerprint density at radius 1 is 1.17 bits per heavy atom. The van der Waals surface area contributed by atoms with E-state index in [1.165, 1.54) is 30.2 Å². The predicted octanol–water partition coefficient (Wildman–Crippen LogP) is 1.42. The van der Waals surface area contributed by atoms with Crippen molar-refractivity contribution in [3.63, 3.8) is 0 Å². The second-order valence-electron chi connectivity index (χ2n) is 6.33. The van der Waals surface area contributed by atoms with E-state index in [0.29, 0.717) is 11.3 Å². The third-order valence-corrected chi connectivity index (χ3v) is 4.50. The summed E-state index contributed by atoms with van der Waals surface area (Å²) >= 11 is 0. The molecule has 1 aliphatic heterocycles. The number of carbonyl (C=O) groups is 3. The van der Waals surface area contributed by atoms with E-state index < -0.39 is 22.7 Å². The Morgan fingerprint density at radius 3 is 2.55 bits per heavy atom. The predicted molar refractivity (Wildman–Crippen MR) is 102 cm³/mol. The summed E-state index contributed by atoms with van der Waals surface area (Å²) < 4.78 is 5.16. The second kappa shape index (κ2) is 8.38. The summed E-state index contributed by atoms with van der Waals surface area (Å²) in [5.41, 5.74) is 5.20. The van der Waals surface area contributed by atoms with Crippen LogP contribution in [0.3, 0.4) is 0 Å². The van der Waals surface area contributed by atoms with Gasteiger partial charge in [-0.3, -0.25) is 35.3 Å². The van der Waals surface area contributed by atoms with Crippen molar-refractivity contribution in [2.75, 3.05) is 18.6 Å². The number of carbonyl (C=O) groups excluding carboxylic acids is 3. The summed E-state index contributed by atoms with van der Waals surface area (Å²) in [5.74, 6) is -1.85. The molecular weight excluding hydrogens is 380 g/mol. The number of rotatable bonds is 5. The molecule has 3 rings (SSSR count). The van der Waals surface area contributed by atoms with E-state index in [9.17, 15) is 24.5 Å². The molecule has 10 heteroatoms. The SMILES string of the molecule is COc1cc([N+](=O)[O-])ccc1N1C[C@H](C(=O)NNC(=O)c2ccccc2)CC1=O. The van der Waals surface area contributed by atoms with Crippen LogP contribution in [0.15, 0.2) is 48.5 Å². The molecule has 1 aliphatic rings. The zero-order chi connectivity index (χ0) is 21.0. The van der Waals surface area contributed by atoms with Crippen molar-refractivity contribution < 1.29 is 24.0 Å². The molecule has 0 aromatic heterocycles. The van der Waals surface area contributed by atoms with Crippen LogP contribution in [-0.4, -0.2) is 36.3 Å². The monoisotopic (exact) mass is 398 g/mol. The van der Waals surface area contributed by atoms with Crippen molar-refractivity contribution in [1.29, 1.82) is 0 Å². The van der Waals surface area contributed by atoms with E-state index in [1.54, 1.807) is 30.3 Å². The van der Waals surface area contributed by atoms with Crippen molar-refractivity contribution in [2.24, 2.45) is 5.92 Å². The van der Waals surface area contributed by atoms with Crippen molar-refractivity contribution in [3.8, 4) is 5.75 Å². The molecule has 2 N–H and O–H groups in total. The molecule has 3 amide bonds. The van der Waals surface area contributed by atoms with Gasteiger partial charge >= 0.3 is 0 Å². The van der Waals surface area contributed by atoms with Gasteiger partial charge in [-0.1, -0.05) is 18.2 Å². The zero-order valence-corrected chi connectivity index (χ0v) is 15.5. The molecule has 1 atom stereocenters. The Kier molecular flexibility index (Phi) is 5.72. The van der Waals surface area contributed by atoms with Crippen molar-refractivity contribution in [2.45, 2.75) is 6.42 Å². The van der Waals surface area contributed by atoms with Crippen LogP contribution in [0.25, 0.3) is 0 Å². The minimum atomic E-state index is -0.696. The van der Waals surface area contributed by atoms with E-state index >= 15 is 0 Å². The molecule has 2 aromatic carbocycles. The molecular formula is C19H18N4O6. The van der Waals surface area contributed by atoms with Crippen LogP contribution < -0.4 is 20.5 Å². The van der Waals surface area contributed by atoms with E-state index in [-0.39, 0.29) is 30.3 Å². The minimum Gasteiger partial charge on any atom is -0.494 e. The molecule has 0 aliphatic carbocycles. The Labute approximate surface area is 165 Å². The van der Waals surface area contributed by atoms with Crippen LogP contribution in [0.1, 0.15) is 16.8 Å². The highest BCUT2D eigenvalue weighted by Gasteiger charge is 2.36. The number of non-ortho nitro benzene ring substituents is 1. The minimum absolute atomic E-state index is 0.0556. The van der Waals surface area contributed by atoms with E-state index in [2.05, 4.69) is 10.9 Å². The first kappa shape index (κ1) is 19.8. The van der Waals surface area contributed by atoms with Gasteiger partial charge in [0.1, 0.15) is 5.75 Å². The largest absolute Gasteiger partial charge is 0.494 e. The number of hydrogen-bond acceptors (Lipinski definition) is 6. The van der Waals surface area contributed by atoms with Crippen LogP contribution in [0.2, 0.25) is 0 Å². The lowest BCUT2D eigenvalue weighted by atomic mass is 10.1. The lowest BCUT2D eigenvalue weighted by Gasteiger charge is -2.19. The summed E-state index contributed by atoms with van der Waals surface area (Å²) in [7, 11) is 1.34. The zero-order valence-electron chi connectivity index (χ0n) is 15.5. The van der Waals surface area contributed by atoms with Gasteiger partial charge in [-0.25, -0.2) is 0 Å². The number of ether oxygens (including phenoxy) is 1. The lowest BCUT2D eigenvalue weighted by Crippen LogP contribution is -2.45. The number of anilines is 1. The summed E-state index contributed by atoms with van der Waals surface area (Å²) in [6.07, 6.45) is -0.0623. The second-order valence-corrected chi connectivity index (χ2v) is 6.33. The fourth-order valence-corrected chi connectivity index (χ4v) is 3.00. The number of benzene rings is 2. The summed E-state index contributed by atoms with van der Waals surface area (Å²) in [6.45, 7) is 0.0556. The smallest absolute Gasteiger partial charge is 0.273 e. The fraction of sp³-hybridized carbons (Fsp3) is 0.211. The van der Waals surface area contributed by atoms with Crippen molar-refractivity contribution in [3.05, 3.63) is 64.2 Å². The van der Waals surface area contributed by atoms with Crippen LogP contribution in [-0.2, 0) is 9.59 Å². The van der Waals surface area contributed by atoms with Gasteiger partial charge in [-0.05, 0) is 18.2 Å². The van der Waals surface area contributed by atoms with Gasteiger partial charge in [0, 0.05) is 24.6 Å². The highest BCUT2D eigenvalue weighted by Crippen LogP contribution is 2.35. The quantitative estimate of drug-likeness (QED) is 0.578. The highest BCUT2D eigenvalue weighted by atomic mass is 16.6. The first-order valence-corrected chi connectivity index (χ1v) is 8.68. The molecule has 150 valence electrons. The number of methoxy groups -OCH3 is 1. The van der Waals surface area contributed by atoms with Gasteiger partial charge in [0.25, 0.3) is 11.6 Å². The number of nitrogens with zero attached hydrogens (tertiary/aromatic N) is 2. The maximum absolute atomic E-state index is 12.4. The number of hydrazine groups is 1. The Hall–Kier alpha value is -3.95. The molecule has 0 bridgehead atoms. The van der Waals surface area contributed by atoms with Gasteiger partial charge < -0.3 is 9.64 Å². The van der Waals surface area contributed by atoms with Crippen molar-refractivity contribution >= 4 is 29.1 Å². The number of nitrogens with one attached hydrogen (secondary N) is 2. The maximum Gasteiger partial charge on any atom is 0.273 e. The average molecular weight is 398 g/mol. The molecule has 0 unspecified atom stereocenters. The molecule has 0 spiro atoms. The van der Waals surface area contributed by atoms with Crippen LogP contribution in [0.4, 0.5) is 11.4 Å². The number of nitro benzene ring substituents is 1. The third kappa shape index (κ3) is 4.32. The van der Waals surface area contributed by atoms with E-state index in [0.717, 1.165) is 0 Å². The molecule has 0 saturated carbocycles.